The third-order valence-electron chi connectivity index (χ3n) is 4.25. The van der Waals surface area contributed by atoms with E-state index in [2.05, 4.69) is 9.93 Å². The minimum absolute atomic E-state index is 0.0839. The van der Waals surface area contributed by atoms with Crippen molar-refractivity contribution in [3.05, 3.63) is 29.7 Å². The Balaban J connectivity index is 1.85. The SMILES string of the molecule is Cc1nc2c(OCC3CCCCC3)cccn2c1C(=O)OF. The number of aryl methyl sites for hydroxylation is 1. The first-order chi connectivity index (χ1) is 10.7. The van der Waals surface area contributed by atoms with Gasteiger partial charge in [-0.1, -0.05) is 19.3 Å². The van der Waals surface area contributed by atoms with Crippen molar-refractivity contribution in [2.45, 2.75) is 39.0 Å². The highest BCUT2D eigenvalue weighted by Crippen LogP contribution is 2.27. The molecule has 0 amide bonds. The van der Waals surface area contributed by atoms with Crippen LogP contribution in [0.15, 0.2) is 18.3 Å². The molecule has 2 heterocycles. The molecular weight excluding hydrogens is 287 g/mol. The summed E-state index contributed by atoms with van der Waals surface area (Å²) in [6.07, 6.45) is 7.85. The number of carbonyl (C=O) groups excluding carboxylic acids is 1. The molecule has 0 unspecified atom stereocenters. The van der Waals surface area contributed by atoms with Gasteiger partial charge in [0.05, 0.1) is 12.3 Å². The first-order valence-electron chi connectivity index (χ1n) is 7.64. The van der Waals surface area contributed by atoms with E-state index in [4.69, 9.17) is 4.74 Å². The predicted octanol–water partition coefficient (Wildman–Crippen LogP) is 3.64. The standard InChI is InChI=1S/C16H19FN2O3/c1-11-14(16(20)22-17)19-9-5-8-13(15(19)18-11)21-10-12-6-3-2-4-7-12/h5,8-9,12H,2-4,6-7,10H2,1H3. The van der Waals surface area contributed by atoms with Crippen molar-refractivity contribution in [1.29, 1.82) is 0 Å². The topological polar surface area (TPSA) is 52.8 Å². The van der Waals surface area contributed by atoms with E-state index in [1.807, 2.05) is 6.07 Å². The number of hydrogen-bond donors (Lipinski definition) is 0. The van der Waals surface area contributed by atoms with Gasteiger partial charge in [0.1, 0.15) is 0 Å². The zero-order chi connectivity index (χ0) is 15.5. The molecule has 0 atom stereocenters. The fourth-order valence-electron chi connectivity index (χ4n) is 3.11. The van der Waals surface area contributed by atoms with Crippen molar-refractivity contribution < 1.29 is 19.0 Å². The molecule has 3 rings (SSSR count). The number of carbonyl (C=O) groups is 1. The quantitative estimate of drug-likeness (QED) is 0.865. The molecule has 0 saturated heterocycles. The van der Waals surface area contributed by atoms with Crippen molar-refractivity contribution in [3.63, 3.8) is 0 Å². The highest BCUT2D eigenvalue weighted by Gasteiger charge is 2.21. The molecular formula is C16H19FN2O3. The molecule has 2 aromatic heterocycles. The lowest BCUT2D eigenvalue weighted by molar-refractivity contribution is -0.0794. The molecule has 1 fully saturated rings. The Labute approximate surface area is 128 Å². The van der Waals surface area contributed by atoms with Crippen molar-refractivity contribution >= 4 is 11.6 Å². The van der Waals surface area contributed by atoms with E-state index in [0.29, 0.717) is 29.6 Å². The Hall–Kier alpha value is -2.11. The molecule has 0 spiro atoms. The summed E-state index contributed by atoms with van der Waals surface area (Å²) in [6.45, 7) is 2.29. The molecule has 0 radical (unpaired) electrons. The Morgan fingerprint density at radius 2 is 2.18 bits per heavy atom. The summed E-state index contributed by atoms with van der Waals surface area (Å²) >= 11 is 0. The first-order valence-corrected chi connectivity index (χ1v) is 7.64. The van der Waals surface area contributed by atoms with Crippen LogP contribution < -0.4 is 4.74 Å². The van der Waals surface area contributed by atoms with Gasteiger partial charge < -0.3 is 4.74 Å². The number of imidazole rings is 1. The van der Waals surface area contributed by atoms with E-state index in [0.717, 1.165) is 0 Å². The number of fused-ring (bicyclic) bond motifs is 1. The second-order valence-electron chi connectivity index (χ2n) is 5.79. The van der Waals surface area contributed by atoms with Crippen LogP contribution in [0.4, 0.5) is 4.53 Å². The highest BCUT2D eigenvalue weighted by molar-refractivity contribution is 5.90. The Kier molecular flexibility index (Phi) is 4.27. The Bertz CT molecular complexity index is 677. The third kappa shape index (κ3) is 2.77. The van der Waals surface area contributed by atoms with Crippen LogP contribution in [-0.4, -0.2) is 22.0 Å². The van der Waals surface area contributed by atoms with Crippen LogP contribution in [0.25, 0.3) is 5.65 Å². The molecule has 0 bridgehead atoms. The number of nitrogens with zero attached hydrogens (tertiary/aromatic N) is 2. The summed E-state index contributed by atoms with van der Waals surface area (Å²) in [7, 11) is 0. The lowest BCUT2D eigenvalue weighted by Gasteiger charge is -2.21. The van der Waals surface area contributed by atoms with Gasteiger partial charge in [0, 0.05) is 10.7 Å². The van der Waals surface area contributed by atoms with Gasteiger partial charge in [-0.3, -0.25) is 4.40 Å². The normalized spacial score (nSPS) is 15.9. The second-order valence-corrected chi connectivity index (χ2v) is 5.79. The van der Waals surface area contributed by atoms with Crippen molar-refractivity contribution in [2.75, 3.05) is 6.61 Å². The fourth-order valence-corrected chi connectivity index (χ4v) is 3.11. The summed E-state index contributed by atoms with van der Waals surface area (Å²) in [5.41, 5.74) is 1.01. The van der Waals surface area contributed by atoms with Gasteiger partial charge in [-0.15, -0.1) is 0 Å². The van der Waals surface area contributed by atoms with Gasteiger partial charge in [0.25, 0.3) is 0 Å². The summed E-state index contributed by atoms with van der Waals surface area (Å²) in [6, 6.07) is 3.56. The molecule has 1 aliphatic rings. The lowest BCUT2D eigenvalue weighted by atomic mass is 9.90. The molecule has 0 aliphatic heterocycles. The molecule has 5 nitrogen and oxygen atoms in total. The number of aromatic nitrogens is 2. The number of ether oxygens (including phenoxy) is 1. The van der Waals surface area contributed by atoms with Crippen LogP contribution in [0.5, 0.6) is 5.75 Å². The zero-order valence-corrected chi connectivity index (χ0v) is 12.5. The number of rotatable bonds is 4. The maximum absolute atomic E-state index is 12.2. The van der Waals surface area contributed by atoms with E-state index in [1.54, 1.807) is 19.2 Å². The number of pyridine rings is 1. The van der Waals surface area contributed by atoms with Gasteiger partial charge in [0.2, 0.25) is 0 Å². The smallest absolute Gasteiger partial charge is 0.398 e. The predicted molar refractivity (Wildman–Crippen MR) is 78.5 cm³/mol. The van der Waals surface area contributed by atoms with Crippen LogP contribution in [-0.2, 0) is 4.94 Å². The average Bonchev–Trinajstić information content (AvgIpc) is 2.89. The van der Waals surface area contributed by atoms with Crippen LogP contribution in [0.3, 0.4) is 0 Å². The van der Waals surface area contributed by atoms with Crippen LogP contribution in [0, 0.1) is 12.8 Å². The van der Waals surface area contributed by atoms with Crippen LogP contribution in [0.1, 0.15) is 48.3 Å². The summed E-state index contributed by atoms with van der Waals surface area (Å²) < 4.78 is 19.6. The largest absolute Gasteiger partial charge is 0.489 e. The molecule has 0 N–H and O–H groups in total. The molecule has 22 heavy (non-hydrogen) atoms. The van der Waals surface area contributed by atoms with E-state index >= 15 is 0 Å². The minimum Gasteiger partial charge on any atom is -0.489 e. The summed E-state index contributed by atoms with van der Waals surface area (Å²) in [5.74, 6) is 0.129. The van der Waals surface area contributed by atoms with Gasteiger partial charge in [-0.2, -0.15) is 0 Å². The second kappa shape index (κ2) is 6.34. The van der Waals surface area contributed by atoms with Crippen molar-refractivity contribution in [3.8, 4) is 5.75 Å². The maximum atomic E-state index is 12.2. The molecule has 118 valence electrons. The Morgan fingerprint density at radius 1 is 1.41 bits per heavy atom. The van der Waals surface area contributed by atoms with E-state index < -0.39 is 5.97 Å². The number of hydrogen-bond acceptors (Lipinski definition) is 4. The van der Waals surface area contributed by atoms with Crippen molar-refractivity contribution in [1.82, 2.24) is 9.38 Å². The first kappa shape index (κ1) is 14.8. The van der Waals surface area contributed by atoms with Gasteiger partial charge in [-0.25, -0.2) is 14.7 Å². The lowest BCUT2D eigenvalue weighted by Crippen LogP contribution is -2.15. The minimum atomic E-state index is -1.05. The van der Waals surface area contributed by atoms with E-state index in [1.165, 1.54) is 36.5 Å². The van der Waals surface area contributed by atoms with E-state index in [9.17, 15) is 9.32 Å². The zero-order valence-electron chi connectivity index (χ0n) is 12.5. The highest BCUT2D eigenvalue weighted by atomic mass is 19.3. The van der Waals surface area contributed by atoms with Gasteiger partial charge in [-0.05, 0) is 37.8 Å². The Morgan fingerprint density at radius 3 is 2.91 bits per heavy atom. The molecule has 1 aliphatic carbocycles. The monoisotopic (exact) mass is 306 g/mol. The third-order valence-corrected chi connectivity index (χ3v) is 4.25. The maximum Gasteiger partial charge on any atom is 0.398 e. The molecule has 6 heteroatoms. The molecule has 1 saturated carbocycles. The van der Waals surface area contributed by atoms with Crippen LogP contribution >= 0.6 is 0 Å². The van der Waals surface area contributed by atoms with Gasteiger partial charge >= 0.3 is 5.97 Å². The molecule has 0 aromatic carbocycles. The van der Waals surface area contributed by atoms with Crippen molar-refractivity contribution in [2.24, 2.45) is 5.92 Å². The molecule has 2 aromatic rings. The fraction of sp³-hybridized carbons (Fsp3) is 0.500. The number of halogens is 1. The van der Waals surface area contributed by atoms with Gasteiger partial charge in [0.15, 0.2) is 17.1 Å². The summed E-state index contributed by atoms with van der Waals surface area (Å²) in [5, 5.41) is 0. The summed E-state index contributed by atoms with van der Waals surface area (Å²) in [4.78, 5) is 19.2. The average molecular weight is 306 g/mol. The van der Waals surface area contributed by atoms with Crippen LogP contribution in [0.2, 0.25) is 0 Å². The van der Waals surface area contributed by atoms with E-state index in [-0.39, 0.29) is 5.69 Å².